The summed E-state index contributed by atoms with van der Waals surface area (Å²) in [5.74, 6) is 0. The van der Waals surface area contributed by atoms with Crippen molar-refractivity contribution in [3.05, 3.63) is 28.8 Å². The van der Waals surface area contributed by atoms with Crippen molar-refractivity contribution in [2.24, 2.45) is 0 Å². The van der Waals surface area contributed by atoms with E-state index in [1.165, 1.54) is 12.1 Å². The van der Waals surface area contributed by atoms with Gasteiger partial charge in [-0.05, 0) is 33.8 Å². The Kier molecular flexibility index (Phi) is 4.79. The van der Waals surface area contributed by atoms with E-state index < -0.39 is 18.3 Å². The fraction of sp³-hybridized carbons (Fsp3) is 0.462. The van der Waals surface area contributed by atoms with Crippen LogP contribution in [-0.2, 0) is 4.65 Å². The van der Waals surface area contributed by atoms with Crippen LogP contribution in [0.25, 0.3) is 0 Å². The lowest BCUT2D eigenvalue weighted by Gasteiger charge is -2.38. The van der Waals surface area contributed by atoms with E-state index in [9.17, 15) is 14.9 Å². The molecule has 19 heavy (non-hydrogen) atoms. The summed E-state index contributed by atoms with van der Waals surface area (Å²) in [5.41, 5.74) is -1.46. The van der Waals surface area contributed by atoms with E-state index in [2.05, 4.69) is 0 Å². The Hall–Kier alpha value is -0.875. The molecule has 0 aromatic heterocycles. The molecule has 0 unspecified atom stereocenters. The third-order valence-electron chi connectivity index (χ3n) is 3.30. The standard InChI is InChI=1S/C13H18BClO4/c1-12(2,17)13(3,4)19-14(18)10-7-9(8-16)5-6-11(10)15/h5-8,17-18H,1-4H3. The minimum atomic E-state index is -1.33. The molecule has 104 valence electrons. The minimum absolute atomic E-state index is 0.295. The summed E-state index contributed by atoms with van der Waals surface area (Å²) in [6.45, 7) is 6.49. The van der Waals surface area contributed by atoms with Crippen LogP contribution in [0.5, 0.6) is 0 Å². The molecule has 4 nitrogen and oxygen atoms in total. The van der Waals surface area contributed by atoms with E-state index in [0.29, 0.717) is 22.3 Å². The van der Waals surface area contributed by atoms with Crippen LogP contribution in [0.4, 0.5) is 0 Å². The number of halogens is 1. The molecule has 1 aromatic rings. The molecule has 1 rings (SSSR count). The molecule has 0 spiro atoms. The average molecular weight is 285 g/mol. The lowest BCUT2D eigenvalue weighted by Crippen LogP contribution is -2.53. The molecule has 0 aliphatic rings. The van der Waals surface area contributed by atoms with Crippen molar-refractivity contribution in [3.8, 4) is 0 Å². The topological polar surface area (TPSA) is 66.8 Å². The van der Waals surface area contributed by atoms with Crippen LogP contribution in [0.1, 0.15) is 38.1 Å². The Morgan fingerprint density at radius 3 is 2.37 bits per heavy atom. The van der Waals surface area contributed by atoms with Crippen LogP contribution in [-0.4, -0.2) is 34.7 Å². The van der Waals surface area contributed by atoms with Crippen molar-refractivity contribution in [2.45, 2.75) is 38.9 Å². The zero-order valence-electron chi connectivity index (χ0n) is 11.5. The minimum Gasteiger partial charge on any atom is -0.423 e. The second-order valence-corrected chi connectivity index (χ2v) is 5.85. The van der Waals surface area contributed by atoms with Crippen molar-refractivity contribution >= 4 is 30.5 Å². The normalized spacial score (nSPS) is 12.4. The van der Waals surface area contributed by atoms with Crippen LogP contribution in [0.2, 0.25) is 5.02 Å². The molecule has 0 radical (unpaired) electrons. The predicted octanol–water partition coefficient (Wildman–Crippen LogP) is 1.41. The quantitative estimate of drug-likeness (QED) is 0.634. The number of hydrogen-bond acceptors (Lipinski definition) is 4. The van der Waals surface area contributed by atoms with Crippen LogP contribution in [0.3, 0.4) is 0 Å². The maximum absolute atomic E-state index is 10.7. The van der Waals surface area contributed by atoms with Crippen LogP contribution in [0, 0.1) is 0 Å². The first-order valence-corrected chi connectivity index (χ1v) is 6.29. The van der Waals surface area contributed by atoms with Gasteiger partial charge in [-0.3, -0.25) is 4.79 Å². The van der Waals surface area contributed by atoms with Gasteiger partial charge in [0.15, 0.2) is 0 Å². The van der Waals surface area contributed by atoms with Gasteiger partial charge in [0.05, 0.1) is 11.2 Å². The Morgan fingerprint density at radius 1 is 1.32 bits per heavy atom. The third-order valence-corrected chi connectivity index (χ3v) is 3.65. The second-order valence-electron chi connectivity index (χ2n) is 5.44. The highest BCUT2D eigenvalue weighted by Gasteiger charge is 2.40. The van der Waals surface area contributed by atoms with E-state index in [-0.39, 0.29) is 0 Å². The molecule has 0 bridgehead atoms. The van der Waals surface area contributed by atoms with E-state index in [4.69, 9.17) is 16.3 Å². The molecule has 0 saturated heterocycles. The number of benzene rings is 1. The number of carbonyl (C=O) groups excluding carboxylic acids is 1. The second kappa shape index (κ2) is 5.63. The highest BCUT2D eigenvalue weighted by molar-refractivity contribution is 6.64. The molecular weight excluding hydrogens is 266 g/mol. The van der Waals surface area contributed by atoms with Gasteiger partial charge in [-0.2, -0.15) is 0 Å². The van der Waals surface area contributed by atoms with Gasteiger partial charge < -0.3 is 14.8 Å². The highest BCUT2D eigenvalue weighted by Crippen LogP contribution is 2.25. The third kappa shape index (κ3) is 3.80. The van der Waals surface area contributed by atoms with Gasteiger partial charge in [0.1, 0.15) is 6.29 Å². The number of aliphatic hydroxyl groups is 1. The number of rotatable bonds is 5. The summed E-state index contributed by atoms with van der Waals surface area (Å²) in [6.07, 6.45) is 0.660. The van der Waals surface area contributed by atoms with E-state index >= 15 is 0 Å². The first-order valence-electron chi connectivity index (χ1n) is 5.91. The molecule has 2 N–H and O–H groups in total. The van der Waals surface area contributed by atoms with Crippen LogP contribution < -0.4 is 5.46 Å². The Balaban J connectivity index is 3.01. The number of aldehydes is 1. The Labute approximate surface area is 118 Å². The molecule has 1 aromatic carbocycles. The van der Waals surface area contributed by atoms with E-state index in [1.54, 1.807) is 33.8 Å². The smallest absolute Gasteiger partial charge is 0.423 e. The van der Waals surface area contributed by atoms with Crippen molar-refractivity contribution in [3.63, 3.8) is 0 Å². The van der Waals surface area contributed by atoms with Gasteiger partial charge in [-0.15, -0.1) is 0 Å². The summed E-state index contributed by atoms with van der Waals surface area (Å²) in [5, 5.41) is 20.4. The fourth-order valence-corrected chi connectivity index (χ4v) is 1.52. The van der Waals surface area contributed by atoms with Gasteiger partial charge in [0, 0.05) is 16.0 Å². The summed E-state index contributed by atoms with van der Waals surface area (Å²) in [7, 11) is -1.33. The lowest BCUT2D eigenvalue weighted by molar-refractivity contribution is -0.0982. The molecule has 0 fully saturated rings. The largest absolute Gasteiger partial charge is 0.493 e. The summed E-state index contributed by atoms with van der Waals surface area (Å²) < 4.78 is 5.47. The molecular formula is C13H18BClO4. The fourth-order valence-electron chi connectivity index (χ4n) is 1.31. The monoisotopic (exact) mass is 284 g/mol. The highest BCUT2D eigenvalue weighted by atomic mass is 35.5. The molecule has 0 amide bonds. The van der Waals surface area contributed by atoms with Crippen molar-refractivity contribution in [1.29, 1.82) is 0 Å². The van der Waals surface area contributed by atoms with Crippen molar-refractivity contribution in [2.75, 3.05) is 0 Å². The lowest BCUT2D eigenvalue weighted by atomic mass is 9.76. The van der Waals surface area contributed by atoms with Gasteiger partial charge in [-0.25, -0.2) is 0 Å². The maximum atomic E-state index is 10.7. The molecule has 0 atom stereocenters. The van der Waals surface area contributed by atoms with E-state index in [1.807, 2.05) is 0 Å². The zero-order chi connectivity index (χ0) is 14.8. The number of hydrogen-bond donors (Lipinski definition) is 2. The van der Waals surface area contributed by atoms with E-state index in [0.717, 1.165) is 0 Å². The van der Waals surface area contributed by atoms with Gasteiger partial charge in [-0.1, -0.05) is 23.7 Å². The van der Waals surface area contributed by atoms with Gasteiger partial charge in [0.25, 0.3) is 0 Å². The summed E-state index contributed by atoms with van der Waals surface area (Å²) in [6, 6.07) is 4.53. The molecule has 6 heteroatoms. The first kappa shape index (κ1) is 16.2. The first-order chi connectivity index (χ1) is 8.58. The zero-order valence-corrected chi connectivity index (χ0v) is 12.2. The Bertz CT molecular complexity index is 468. The predicted molar refractivity (Wildman–Crippen MR) is 75.9 cm³/mol. The van der Waals surface area contributed by atoms with Crippen molar-refractivity contribution < 1.29 is 19.6 Å². The average Bonchev–Trinajstić information content (AvgIpc) is 2.27. The SMILES string of the molecule is CC(C)(O)C(C)(C)OB(O)c1cc(C=O)ccc1Cl. The summed E-state index contributed by atoms with van der Waals surface area (Å²) >= 11 is 5.97. The Morgan fingerprint density at radius 2 is 1.89 bits per heavy atom. The molecule has 0 aliphatic carbocycles. The summed E-state index contributed by atoms with van der Waals surface area (Å²) in [4.78, 5) is 10.7. The number of carbonyl (C=O) groups is 1. The van der Waals surface area contributed by atoms with Gasteiger partial charge >= 0.3 is 7.12 Å². The van der Waals surface area contributed by atoms with Crippen LogP contribution in [0.15, 0.2) is 18.2 Å². The molecule has 0 heterocycles. The van der Waals surface area contributed by atoms with Crippen LogP contribution >= 0.6 is 11.6 Å². The maximum Gasteiger partial charge on any atom is 0.493 e. The molecule has 0 saturated carbocycles. The van der Waals surface area contributed by atoms with Gasteiger partial charge in [0.2, 0.25) is 0 Å². The molecule has 0 aliphatic heterocycles. The van der Waals surface area contributed by atoms with Crippen molar-refractivity contribution in [1.82, 2.24) is 0 Å².